The number of rotatable bonds is 1. The van der Waals surface area contributed by atoms with Gasteiger partial charge in [-0.1, -0.05) is 13.8 Å². The van der Waals surface area contributed by atoms with Crippen molar-refractivity contribution in [2.45, 2.75) is 32.7 Å². The van der Waals surface area contributed by atoms with Gasteiger partial charge in [-0.25, -0.2) is 9.37 Å². The molecule has 1 aliphatic rings. The number of thiazole rings is 1. The zero-order chi connectivity index (χ0) is 13.6. The van der Waals surface area contributed by atoms with E-state index in [-0.39, 0.29) is 17.3 Å². The van der Waals surface area contributed by atoms with Crippen molar-refractivity contribution in [3.8, 4) is 10.7 Å². The maximum Gasteiger partial charge on any atom is 0.151 e. The molecule has 0 saturated carbocycles. The SMILES string of the molecule is CC1(C)Cc2nc(-c3ncccc3F)sc2C(N)C1. The average Bonchev–Trinajstić information content (AvgIpc) is 2.71. The van der Waals surface area contributed by atoms with Crippen molar-refractivity contribution < 1.29 is 4.39 Å². The van der Waals surface area contributed by atoms with Gasteiger partial charge >= 0.3 is 0 Å². The molecule has 2 N–H and O–H groups in total. The van der Waals surface area contributed by atoms with Crippen LogP contribution in [0, 0.1) is 11.2 Å². The first-order valence-corrected chi connectivity index (χ1v) is 7.14. The van der Waals surface area contributed by atoms with Gasteiger partial charge in [0.2, 0.25) is 0 Å². The van der Waals surface area contributed by atoms with Gasteiger partial charge in [0, 0.05) is 17.1 Å². The smallest absolute Gasteiger partial charge is 0.151 e. The molecule has 1 atom stereocenters. The Morgan fingerprint density at radius 1 is 1.47 bits per heavy atom. The molecule has 19 heavy (non-hydrogen) atoms. The van der Waals surface area contributed by atoms with Gasteiger partial charge in [-0.15, -0.1) is 11.3 Å². The fourth-order valence-corrected chi connectivity index (χ4v) is 3.72. The number of hydrogen-bond donors (Lipinski definition) is 1. The molecule has 1 aliphatic carbocycles. The molecule has 2 aromatic heterocycles. The van der Waals surface area contributed by atoms with Gasteiger partial charge in [-0.3, -0.25) is 4.98 Å². The van der Waals surface area contributed by atoms with Crippen LogP contribution < -0.4 is 5.73 Å². The number of pyridine rings is 1. The van der Waals surface area contributed by atoms with Crippen LogP contribution in [0.25, 0.3) is 10.7 Å². The van der Waals surface area contributed by atoms with Gasteiger partial charge in [0.05, 0.1) is 5.69 Å². The first kappa shape index (κ1) is 12.7. The molecule has 100 valence electrons. The van der Waals surface area contributed by atoms with E-state index < -0.39 is 0 Å². The molecule has 0 fully saturated rings. The Bertz CT molecular complexity index is 621. The minimum atomic E-state index is -0.332. The van der Waals surface area contributed by atoms with Crippen molar-refractivity contribution in [1.29, 1.82) is 0 Å². The molecule has 1 unspecified atom stereocenters. The van der Waals surface area contributed by atoms with E-state index in [2.05, 4.69) is 23.8 Å². The predicted molar refractivity (Wildman–Crippen MR) is 74.3 cm³/mol. The number of nitrogens with two attached hydrogens (primary N) is 1. The van der Waals surface area contributed by atoms with Crippen molar-refractivity contribution in [3.05, 3.63) is 34.7 Å². The third kappa shape index (κ3) is 2.28. The zero-order valence-electron chi connectivity index (χ0n) is 11.0. The molecule has 0 spiro atoms. The molecule has 2 aromatic rings. The minimum absolute atomic E-state index is 0.00299. The van der Waals surface area contributed by atoms with Crippen molar-refractivity contribution in [2.75, 3.05) is 0 Å². The third-order valence-corrected chi connectivity index (χ3v) is 4.68. The fraction of sp³-hybridized carbons (Fsp3) is 0.429. The Labute approximate surface area is 115 Å². The molecule has 2 heterocycles. The summed E-state index contributed by atoms with van der Waals surface area (Å²) in [5.74, 6) is -0.332. The van der Waals surface area contributed by atoms with Crippen LogP contribution in [0.3, 0.4) is 0 Å². The van der Waals surface area contributed by atoms with Crippen LogP contribution in [-0.4, -0.2) is 9.97 Å². The number of fused-ring (bicyclic) bond motifs is 1. The number of aromatic nitrogens is 2. The van der Waals surface area contributed by atoms with Crippen molar-refractivity contribution >= 4 is 11.3 Å². The minimum Gasteiger partial charge on any atom is -0.323 e. The van der Waals surface area contributed by atoms with E-state index in [4.69, 9.17) is 5.73 Å². The van der Waals surface area contributed by atoms with Crippen molar-refractivity contribution in [2.24, 2.45) is 11.1 Å². The summed E-state index contributed by atoms with van der Waals surface area (Å²) in [7, 11) is 0. The van der Waals surface area contributed by atoms with Crippen LogP contribution in [-0.2, 0) is 6.42 Å². The molecular weight excluding hydrogens is 261 g/mol. The van der Waals surface area contributed by atoms with E-state index in [0.717, 1.165) is 23.4 Å². The van der Waals surface area contributed by atoms with Crippen molar-refractivity contribution in [1.82, 2.24) is 9.97 Å². The van der Waals surface area contributed by atoms with Crippen molar-refractivity contribution in [3.63, 3.8) is 0 Å². The van der Waals surface area contributed by atoms with E-state index in [1.165, 1.54) is 17.4 Å². The molecule has 0 amide bonds. The Balaban J connectivity index is 2.07. The van der Waals surface area contributed by atoms with Crippen LogP contribution in [0.5, 0.6) is 0 Å². The van der Waals surface area contributed by atoms with Crippen LogP contribution in [0.4, 0.5) is 4.39 Å². The highest BCUT2D eigenvalue weighted by Crippen LogP contribution is 2.43. The lowest BCUT2D eigenvalue weighted by Crippen LogP contribution is -2.28. The van der Waals surface area contributed by atoms with Crippen LogP contribution in [0.2, 0.25) is 0 Å². The van der Waals surface area contributed by atoms with E-state index in [1.54, 1.807) is 12.3 Å². The quantitative estimate of drug-likeness (QED) is 0.870. The van der Waals surface area contributed by atoms with E-state index >= 15 is 0 Å². The maximum absolute atomic E-state index is 13.8. The summed E-state index contributed by atoms with van der Waals surface area (Å²) in [5, 5.41) is 0.635. The zero-order valence-corrected chi connectivity index (χ0v) is 11.8. The Morgan fingerprint density at radius 2 is 2.26 bits per heavy atom. The molecule has 0 aromatic carbocycles. The summed E-state index contributed by atoms with van der Waals surface area (Å²) in [6.45, 7) is 4.38. The summed E-state index contributed by atoms with van der Waals surface area (Å²) in [6, 6.07) is 2.99. The molecule has 0 radical (unpaired) electrons. The first-order valence-electron chi connectivity index (χ1n) is 6.32. The van der Waals surface area contributed by atoms with Crippen LogP contribution in [0.1, 0.15) is 36.9 Å². The van der Waals surface area contributed by atoms with Gasteiger partial charge in [0.1, 0.15) is 10.7 Å². The molecule has 0 aliphatic heterocycles. The number of halogens is 1. The topological polar surface area (TPSA) is 51.8 Å². The van der Waals surface area contributed by atoms with Gasteiger partial charge < -0.3 is 5.73 Å². The Morgan fingerprint density at radius 3 is 3.00 bits per heavy atom. The first-order chi connectivity index (χ1) is 8.96. The second-order valence-corrected chi connectivity index (χ2v) is 6.85. The van der Waals surface area contributed by atoms with E-state index in [0.29, 0.717) is 10.7 Å². The predicted octanol–water partition coefficient (Wildman–Crippen LogP) is 3.32. The molecular formula is C14H16FN3S. The molecule has 5 heteroatoms. The lowest BCUT2D eigenvalue weighted by molar-refractivity contribution is 0.282. The standard InChI is InChI=1S/C14H16FN3S/c1-14(2)6-9(16)12-10(7-14)18-13(19-12)11-8(15)4-3-5-17-11/h3-5,9H,6-7,16H2,1-2H3. The van der Waals surface area contributed by atoms with Gasteiger partial charge in [0.15, 0.2) is 5.82 Å². The second kappa shape index (κ2) is 4.35. The second-order valence-electron chi connectivity index (χ2n) is 5.82. The summed E-state index contributed by atoms with van der Waals surface area (Å²) in [4.78, 5) is 9.73. The summed E-state index contributed by atoms with van der Waals surface area (Å²) in [6.07, 6.45) is 3.41. The molecule has 3 rings (SSSR count). The largest absolute Gasteiger partial charge is 0.323 e. The maximum atomic E-state index is 13.8. The Kier molecular flexibility index (Phi) is 2.91. The van der Waals surface area contributed by atoms with E-state index in [1.807, 2.05) is 0 Å². The van der Waals surface area contributed by atoms with E-state index in [9.17, 15) is 4.39 Å². The normalized spacial score (nSPS) is 21.2. The average molecular weight is 277 g/mol. The summed E-state index contributed by atoms with van der Waals surface area (Å²) < 4.78 is 13.8. The summed E-state index contributed by atoms with van der Waals surface area (Å²) in [5.41, 5.74) is 7.69. The molecule has 3 nitrogen and oxygen atoms in total. The fourth-order valence-electron chi connectivity index (χ4n) is 2.64. The highest BCUT2D eigenvalue weighted by molar-refractivity contribution is 7.15. The number of nitrogens with zero attached hydrogens (tertiary/aromatic N) is 2. The highest BCUT2D eigenvalue weighted by Gasteiger charge is 2.33. The van der Waals surface area contributed by atoms with Gasteiger partial charge in [0.25, 0.3) is 0 Å². The van der Waals surface area contributed by atoms with Crippen LogP contribution in [0.15, 0.2) is 18.3 Å². The van der Waals surface area contributed by atoms with Crippen LogP contribution >= 0.6 is 11.3 Å². The highest BCUT2D eigenvalue weighted by atomic mass is 32.1. The Hall–Kier alpha value is -1.33. The third-order valence-electron chi connectivity index (χ3n) is 3.44. The summed E-state index contributed by atoms with van der Waals surface area (Å²) >= 11 is 1.47. The molecule has 0 saturated heterocycles. The monoisotopic (exact) mass is 277 g/mol. The lowest BCUT2D eigenvalue weighted by atomic mass is 9.77. The number of hydrogen-bond acceptors (Lipinski definition) is 4. The van der Waals surface area contributed by atoms with Gasteiger partial charge in [-0.05, 0) is 30.4 Å². The molecule has 0 bridgehead atoms. The lowest BCUT2D eigenvalue weighted by Gasteiger charge is -2.32. The van der Waals surface area contributed by atoms with Gasteiger partial charge in [-0.2, -0.15) is 0 Å².